The van der Waals surface area contributed by atoms with Gasteiger partial charge in [-0.15, -0.1) is 0 Å². The molecule has 15 heteroatoms. The van der Waals surface area contributed by atoms with Crippen LogP contribution in [0.4, 0.5) is 8.78 Å². The van der Waals surface area contributed by atoms with E-state index in [4.69, 9.17) is 10.5 Å². The minimum absolute atomic E-state index is 0.0545. The average molecular weight is 661 g/mol. The molecule has 4 saturated heterocycles. The van der Waals surface area contributed by atoms with E-state index in [1.807, 2.05) is 6.92 Å². The number of nitrogens with two attached hydrogens (primary N) is 1. The number of amides is 5. The topological polar surface area (TPSA) is 171 Å². The van der Waals surface area contributed by atoms with Crippen molar-refractivity contribution in [3.8, 4) is 0 Å². The van der Waals surface area contributed by atoms with Gasteiger partial charge in [-0.2, -0.15) is 0 Å². The maximum absolute atomic E-state index is 14.0. The molecule has 5 rings (SSSR count). The standard InChI is InChI=1S/C32H42F2N6O7/c1-17-10-26-32(46)47-16-23(37-27(41)22(35)13-19-11-20(33)14-21(34)12-19)30(44)39-9-5-7-25(39)31(45)38-8-4-3-6-24(38)28(42)36-18(2)29(43)40(26)15-17/h11-12,14,17-18,22-26H,3-10,13,15-16,35H2,1-2H3,(H,36,42)(H,37,41)/t17-,18+,22+,23+,24+,25+,26+/m1/s1. The number of halogens is 2. The Kier molecular flexibility index (Phi) is 10.4. The van der Waals surface area contributed by atoms with Crippen LogP contribution in [-0.2, 0) is 39.9 Å². The summed E-state index contributed by atoms with van der Waals surface area (Å²) in [4.78, 5) is 85.8. The predicted octanol–water partition coefficient (Wildman–Crippen LogP) is -0.01000. The Labute approximate surface area is 271 Å². The van der Waals surface area contributed by atoms with Crippen LogP contribution in [-0.4, -0.2) is 113 Å². The van der Waals surface area contributed by atoms with Crippen LogP contribution < -0.4 is 16.4 Å². The van der Waals surface area contributed by atoms with E-state index in [-0.39, 0.29) is 31.0 Å². The quantitative estimate of drug-likeness (QED) is 0.379. The van der Waals surface area contributed by atoms with Gasteiger partial charge < -0.3 is 35.8 Å². The number of hydrogen-bond acceptors (Lipinski definition) is 8. The molecule has 4 N–H and O–H groups in total. The zero-order chi connectivity index (χ0) is 34.0. The Hall–Kier alpha value is -4.14. The molecular weight excluding hydrogens is 618 g/mol. The van der Waals surface area contributed by atoms with Gasteiger partial charge in [-0.3, -0.25) is 24.0 Å². The first kappa shape index (κ1) is 34.2. The van der Waals surface area contributed by atoms with Gasteiger partial charge in [-0.1, -0.05) is 6.92 Å². The van der Waals surface area contributed by atoms with Crippen molar-refractivity contribution < 1.29 is 42.3 Å². The van der Waals surface area contributed by atoms with Gasteiger partial charge in [0.2, 0.25) is 29.5 Å². The summed E-state index contributed by atoms with van der Waals surface area (Å²) in [5.41, 5.74) is 6.20. The first-order valence-corrected chi connectivity index (χ1v) is 16.2. The van der Waals surface area contributed by atoms with Crippen molar-refractivity contribution >= 4 is 35.5 Å². The Morgan fingerprint density at radius 3 is 2.30 bits per heavy atom. The van der Waals surface area contributed by atoms with Crippen molar-refractivity contribution in [2.24, 2.45) is 11.7 Å². The van der Waals surface area contributed by atoms with Gasteiger partial charge in [0, 0.05) is 25.7 Å². The number of benzene rings is 1. The summed E-state index contributed by atoms with van der Waals surface area (Å²) in [6.07, 6.45) is 2.61. The van der Waals surface area contributed by atoms with Crippen LogP contribution in [0.3, 0.4) is 0 Å². The Balaban J connectivity index is 1.43. The fraction of sp³-hybridized carbons (Fsp3) is 0.625. The predicted molar refractivity (Wildman–Crippen MR) is 162 cm³/mol. The number of hydrogen-bond donors (Lipinski definition) is 3. The van der Waals surface area contributed by atoms with Crippen LogP contribution in [0.2, 0.25) is 0 Å². The van der Waals surface area contributed by atoms with Crippen LogP contribution in [0.1, 0.15) is 57.9 Å². The lowest BCUT2D eigenvalue weighted by Gasteiger charge is -2.39. The molecule has 0 aliphatic carbocycles. The normalized spacial score (nSPS) is 29.9. The zero-order valence-electron chi connectivity index (χ0n) is 26.6. The molecule has 47 heavy (non-hydrogen) atoms. The van der Waals surface area contributed by atoms with E-state index in [0.717, 1.165) is 12.1 Å². The fourth-order valence-electron chi connectivity index (χ4n) is 7.07. The van der Waals surface area contributed by atoms with Crippen molar-refractivity contribution in [1.29, 1.82) is 0 Å². The molecule has 1 aromatic rings. The lowest BCUT2D eigenvalue weighted by Crippen LogP contribution is -2.61. The largest absolute Gasteiger partial charge is 0.461 e. The molecule has 7 atom stereocenters. The van der Waals surface area contributed by atoms with E-state index in [9.17, 15) is 37.5 Å². The maximum atomic E-state index is 14.0. The molecule has 0 aromatic heterocycles. The van der Waals surface area contributed by atoms with Gasteiger partial charge in [0.25, 0.3) is 0 Å². The van der Waals surface area contributed by atoms with Crippen LogP contribution in [0.5, 0.6) is 0 Å². The number of carbonyl (C=O) groups is 6. The van der Waals surface area contributed by atoms with Gasteiger partial charge in [-0.05, 0) is 75.5 Å². The molecule has 0 unspecified atom stereocenters. The second-order valence-electron chi connectivity index (χ2n) is 13.1. The van der Waals surface area contributed by atoms with Crippen molar-refractivity contribution in [2.45, 2.75) is 95.0 Å². The fourth-order valence-corrected chi connectivity index (χ4v) is 7.07. The zero-order valence-corrected chi connectivity index (χ0v) is 26.6. The summed E-state index contributed by atoms with van der Waals surface area (Å²) in [6, 6.07) is -3.72. The van der Waals surface area contributed by atoms with E-state index in [2.05, 4.69) is 10.6 Å². The van der Waals surface area contributed by atoms with Crippen LogP contribution >= 0.6 is 0 Å². The molecule has 4 aliphatic heterocycles. The minimum Gasteiger partial charge on any atom is -0.461 e. The number of ether oxygens (including phenoxy) is 1. The molecular formula is C32H42F2N6O7. The molecule has 0 saturated carbocycles. The second-order valence-corrected chi connectivity index (χ2v) is 13.1. The first-order valence-electron chi connectivity index (χ1n) is 16.2. The molecule has 1 aromatic carbocycles. The Bertz CT molecular complexity index is 1410. The lowest BCUT2D eigenvalue weighted by molar-refractivity contribution is -0.158. The van der Waals surface area contributed by atoms with E-state index < -0.39 is 90.0 Å². The highest BCUT2D eigenvalue weighted by Gasteiger charge is 2.45. The minimum atomic E-state index is -1.45. The third-order valence-electron chi connectivity index (χ3n) is 9.43. The van der Waals surface area contributed by atoms with Crippen LogP contribution in [0.25, 0.3) is 0 Å². The summed E-state index contributed by atoms with van der Waals surface area (Å²) < 4.78 is 33.1. The molecule has 4 fully saturated rings. The van der Waals surface area contributed by atoms with E-state index >= 15 is 0 Å². The maximum Gasteiger partial charge on any atom is 0.328 e. The summed E-state index contributed by atoms with van der Waals surface area (Å²) in [5.74, 6) is -5.41. The molecule has 5 amide bonds. The smallest absolute Gasteiger partial charge is 0.328 e. The molecule has 13 nitrogen and oxygen atoms in total. The lowest BCUT2D eigenvalue weighted by atomic mass is 9.99. The van der Waals surface area contributed by atoms with Crippen LogP contribution in [0.15, 0.2) is 18.2 Å². The highest BCUT2D eigenvalue weighted by molar-refractivity contribution is 5.97. The Morgan fingerprint density at radius 2 is 1.57 bits per heavy atom. The number of carbonyl (C=O) groups excluding carboxylic acids is 6. The van der Waals surface area contributed by atoms with E-state index in [1.165, 1.54) is 21.6 Å². The number of nitrogens with zero attached hydrogens (tertiary/aromatic N) is 3. The van der Waals surface area contributed by atoms with Gasteiger partial charge >= 0.3 is 5.97 Å². The Morgan fingerprint density at radius 1 is 0.915 bits per heavy atom. The second kappa shape index (κ2) is 14.3. The van der Waals surface area contributed by atoms with Crippen molar-refractivity contribution in [1.82, 2.24) is 25.3 Å². The monoisotopic (exact) mass is 660 g/mol. The number of cyclic esters (lactones) is 1. The summed E-state index contributed by atoms with van der Waals surface area (Å²) in [7, 11) is 0. The summed E-state index contributed by atoms with van der Waals surface area (Å²) in [6.45, 7) is 3.54. The van der Waals surface area contributed by atoms with Gasteiger partial charge in [0.05, 0.1) is 6.04 Å². The van der Waals surface area contributed by atoms with Gasteiger partial charge in [-0.25, -0.2) is 13.6 Å². The molecule has 4 aliphatic rings. The van der Waals surface area contributed by atoms with Gasteiger partial charge in [0.1, 0.15) is 48.5 Å². The average Bonchev–Trinajstić information content (AvgIpc) is 3.68. The molecule has 256 valence electrons. The molecule has 0 bridgehead atoms. The molecule has 0 spiro atoms. The molecule has 0 radical (unpaired) electrons. The third-order valence-corrected chi connectivity index (χ3v) is 9.43. The highest BCUT2D eigenvalue weighted by Crippen LogP contribution is 2.28. The van der Waals surface area contributed by atoms with Crippen molar-refractivity contribution in [2.75, 3.05) is 26.2 Å². The van der Waals surface area contributed by atoms with Crippen molar-refractivity contribution in [3.63, 3.8) is 0 Å². The first-order chi connectivity index (χ1) is 22.3. The van der Waals surface area contributed by atoms with E-state index in [0.29, 0.717) is 51.1 Å². The van der Waals surface area contributed by atoms with Crippen molar-refractivity contribution in [3.05, 3.63) is 35.4 Å². The highest BCUT2D eigenvalue weighted by atomic mass is 19.1. The summed E-state index contributed by atoms with van der Waals surface area (Å²) >= 11 is 0. The number of fused-ring (bicyclic) bond motifs is 3. The number of piperidine rings is 1. The van der Waals surface area contributed by atoms with E-state index in [1.54, 1.807) is 0 Å². The van der Waals surface area contributed by atoms with Gasteiger partial charge in [0.15, 0.2) is 0 Å². The number of nitrogens with one attached hydrogen (secondary N) is 2. The third kappa shape index (κ3) is 7.55. The van der Waals surface area contributed by atoms with Crippen LogP contribution in [0, 0.1) is 17.6 Å². The number of esters is 1. The molecule has 4 heterocycles. The number of rotatable bonds is 4. The SMILES string of the molecule is C[C@@H]1C[C@H]2C(=O)OC[C@H](NC(=O)[C@@H](N)Cc3cc(F)cc(F)c3)C(=O)N3CCC[C@H]3C(=O)N3CCCC[C@H]3C(=O)N[C@@H](C)C(=O)N2C1. The summed E-state index contributed by atoms with van der Waals surface area (Å²) in [5, 5.41) is 5.27.